The van der Waals surface area contributed by atoms with Crippen molar-refractivity contribution in [2.75, 3.05) is 6.61 Å². The van der Waals surface area contributed by atoms with Crippen molar-refractivity contribution in [3.63, 3.8) is 0 Å². The summed E-state index contributed by atoms with van der Waals surface area (Å²) in [5.41, 5.74) is 1.17. The molecule has 0 unspecified atom stereocenters. The van der Waals surface area contributed by atoms with Crippen LogP contribution in [0.3, 0.4) is 0 Å². The minimum atomic E-state index is -0.101. The number of carbonyl (C=O) groups is 1. The Morgan fingerprint density at radius 1 is 1.45 bits per heavy atom. The minimum Gasteiger partial charge on any atom is -0.494 e. The molecule has 0 bridgehead atoms. The standard InChI is InChI=1S/C15H18N2O2S/c1-12-5-3-6-13(11-12)19-9-4-7-14(18)16-15-17(2)8-10-20-15/h3,5-6,8,10-11H,4,7,9H2,1-2H3. The lowest BCUT2D eigenvalue weighted by Gasteiger charge is -2.05. The van der Waals surface area contributed by atoms with Crippen molar-refractivity contribution in [1.29, 1.82) is 0 Å². The zero-order valence-corrected chi connectivity index (χ0v) is 12.5. The molecule has 0 aliphatic heterocycles. The third kappa shape index (κ3) is 4.35. The fraction of sp³-hybridized carbons (Fsp3) is 0.333. The molecule has 0 saturated carbocycles. The van der Waals surface area contributed by atoms with Crippen molar-refractivity contribution < 1.29 is 9.53 Å². The Hall–Kier alpha value is -1.88. The van der Waals surface area contributed by atoms with Gasteiger partial charge in [-0.05, 0) is 31.0 Å². The molecule has 0 spiro atoms. The Morgan fingerprint density at radius 3 is 3.00 bits per heavy atom. The number of benzene rings is 1. The molecule has 0 atom stereocenters. The van der Waals surface area contributed by atoms with Gasteiger partial charge in [0.25, 0.3) is 0 Å². The summed E-state index contributed by atoms with van der Waals surface area (Å²) in [6.07, 6.45) is 2.96. The van der Waals surface area contributed by atoms with Crippen LogP contribution in [0.2, 0.25) is 0 Å². The molecule has 1 aromatic carbocycles. The number of aromatic nitrogens is 1. The van der Waals surface area contributed by atoms with Gasteiger partial charge in [-0.15, -0.1) is 11.3 Å². The number of aryl methyl sites for hydroxylation is 2. The summed E-state index contributed by atoms with van der Waals surface area (Å²) in [6.45, 7) is 2.55. The molecular formula is C15H18N2O2S. The number of amides is 1. The van der Waals surface area contributed by atoms with Crippen LogP contribution in [-0.4, -0.2) is 17.1 Å². The van der Waals surface area contributed by atoms with E-state index in [-0.39, 0.29) is 5.91 Å². The molecule has 1 amide bonds. The maximum atomic E-state index is 11.7. The summed E-state index contributed by atoms with van der Waals surface area (Å²) in [7, 11) is 1.88. The molecule has 0 aliphatic carbocycles. The smallest absolute Gasteiger partial charge is 0.248 e. The molecule has 0 aliphatic rings. The summed E-state index contributed by atoms with van der Waals surface area (Å²) >= 11 is 1.46. The lowest BCUT2D eigenvalue weighted by Crippen LogP contribution is -2.12. The van der Waals surface area contributed by atoms with E-state index >= 15 is 0 Å². The first kappa shape index (κ1) is 14.5. The lowest BCUT2D eigenvalue weighted by molar-refractivity contribution is -0.118. The number of thiazole rings is 1. The minimum absolute atomic E-state index is 0.101. The topological polar surface area (TPSA) is 43.6 Å². The van der Waals surface area contributed by atoms with Gasteiger partial charge in [-0.2, -0.15) is 4.99 Å². The van der Waals surface area contributed by atoms with Gasteiger partial charge >= 0.3 is 0 Å². The zero-order chi connectivity index (χ0) is 14.4. The average Bonchev–Trinajstić information content (AvgIpc) is 2.80. The van der Waals surface area contributed by atoms with Crippen LogP contribution in [-0.2, 0) is 11.8 Å². The molecular weight excluding hydrogens is 272 g/mol. The van der Waals surface area contributed by atoms with Crippen LogP contribution in [0.5, 0.6) is 5.75 Å². The van der Waals surface area contributed by atoms with Gasteiger partial charge in [-0.1, -0.05) is 12.1 Å². The third-order valence-corrected chi connectivity index (χ3v) is 3.62. The monoisotopic (exact) mass is 290 g/mol. The van der Waals surface area contributed by atoms with E-state index in [9.17, 15) is 4.79 Å². The van der Waals surface area contributed by atoms with E-state index in [0.717, 1.165) is 10.6 Å². The Morgan fingerprint density at radius 2 is 2.30 bits per heavy atom. The molecule has 0 fully saturated rings. The Labute approximate surface area is 122 Å². The number of rotatable bonds is 5. The molecule has 2 aromatic rings. The van der Waals surface area contributed by atoms with Crippen LogP contribution in [0.4, 0.5) is 0 Å². The summed E-state index contributed by atoms with van der Waals surface area (Å²) < 4.78 is 7.44. The first-order valence-corrected chi connectivity index (χ1v) is 7.40. The van der Waals surface area contributed by atoms with Gasteiger partial charge in [0, 0.05) is 25.0 Å². The van der Waals surface area contributed by atoms with Gasteiger partial charge in [0.1, 0.15) is 5.75 Å². The highest BCUT2D eigenvalue weighted by molar-refractivity contribution is 7.07. The SMILES string of the molecule is Cc1cccc(OCCCC(=O)N=c2sccn2C)c1. The molecule has 0 radical (unpaired) electrons. The molecule has 5 heteroatoms. The molecule has 1 aromatic heterocycles. The van der Waals surface area contributed by atoms with Crippen molar-refractivity contribution >= 4 is 17.2 Å². The number of hydrogen-bond donors (Lipinski definition) is 0. The summed E-state index contributed by atoms with van der Waals surface area (Å²) in [4.78, 5) is 16.5. The van der Waals surface area contributed by atoms with Crippen molar-refractivity contribution in [2.45, 2.75) is 19.8 Å². The van der Waals surface area contributed by atoms with Crippen LogP contribution in [0.15, 0.2) is 40.8 Å². The van der Waals surface area contributed by atoms with E-state index < -0.39 is 0 Å². The van der Waals surface area contributed by atoms with E-state index in [1.165, 1.54) is 16.9 Å². The van der Waals surface area contributed by atoms with Crippen molar-refractivity contribution in [3.8, 4) is 5.75 Å². The van der Waals surface area contributed by atoms with Gasteiger partial charge < -0.3 is 9.30 Å². The van der Waals surface area contributed by atoms with Crippen molar-refractivity contribution in [1.82, 2.24) is 4.57 Å². The first-order chi connectivity index (χ1) is 9.65. The van der Waals surface area contributed by atoms with Crippen LogP contribution in [0.1, 0.15) is 18.4 Å². The van der Waals surface area contributed by atoms with Gasteiger partial charge in [-0.3, -0.25) is 4.79 Å². The maximum absolute atomic E-state index is 11.7. The molecule has 0 N–H and O–H groups in total. The zero-order valence-electron chi connectivity index (χ0n) is 11.7. The van der Waals surface area contributed by atoms with Crippen LogP contribution >= 0.6 is 11.3 Å². The summed E-state index contributed by atoms with van der Waals surface area (Å²) in [5, 5.41) is 1.91. The Kier molecular flexibility index (Phi) is 5.12. The number of nitrogens with zero attached hydrogens (tertiary/aromatic N) is 2. The Balaban J connectivity index is 1.77. The summed E-state index contributed by atoms with van der Waals surface area (Å²) in [5.74, 6) is 0.745. The predicted octanol–water partition coefficient (Wildman–Crippen LogP) is 2.68. The number of ether oxygens (including phenoxy) is 1. The fourth-order valence-electron chi connectivity index (χ4n) is 1.72. The van der Waals surface area contributed by atoms with E-state index in [2.05, 4.69) is 4.99 Å². The largest absolute Gasteiger partial charge is 0.494 e. The van der Waals surface area contributed by atoms with Gasteiger partial charge in [0.2, 0.25) is 5.91 Å². The van der Waals surface area contributed by atoms with Crippen LogP contribution in [0.25, 0.3) is 0 Å². The molecule has 2 rings (SSSR count). The van der Waals surface area contributed by atoms with E-state index in [0.29, 0.717) is 19.4 Å². The Bertz CT molecular complexity index is 643. The molecule has 0 saturated heterocycles. The number of hydrogen-bond acceptors (Lipinski definition) is 3. The number of carbonyl (C=O) groups excluding carboxylic acids is 1. The second-order valence-electron chi connectivity index (χ2n) is 4.57. The van der Waals surface area contributed by atoms with E-state index in [4.69, 9.17) is 4.74 Å². The predicted molar refractivity (Wildman–Crippen MR) is 79.8 cm³/mol. The molecule has 106 valence electrons. The normalized spacial score (nSPS) is 11.6. The maximum Gasteiger partial charge on any atom is 0.248 e. The lowest BCUT2D eigenvalue weighted by atomic mass is 10.2. The first-order valence-electron chi connectivity index (χ1n) is 6.52. The quantitative estimate of drug-likeness (QED) is 0.795. The fourth-order valence-corrected chi connectivity index (χ4v) is 2.46. The van der Waals surface area contributed by atoms with Gasteiger partial charge in [0.15, 0.2) is 4.80 Å². The molecule has 1 heterocycles. The van der Waals surface area contributed by atoms with Crippen LogP contribution < -0.4 is 9.54 Å². The van der Waals surface area contributed by atoms with Crippen molar-refractivity contribution in [2.24, 2.45) is 12.0 Å². The second kappa shape index (κ2) is 7.05. The van der Waals surface area contributed by atoms with Crippen LogP contribution in [0, 0.1) is 6.92 Å². The average molecular weight is 290 g/mol. The second-order valence-corrected chi connectivity index (χ2v) is 5.44. The third-order valence-electron chi connectivity index (χ3n) is 2.77. The van der Waals surface area contributed by atoms with E-state index in [1.807, 2.05) is 54.4 Å². The van der Waals surface area contributed by atoms with Crippen molar-refractivity contribution in [3.05, 3.63) is 46.2 Å². The molecule has 4 nitrogen and oxygen atoms in total. The highest BCUT2D eigenvalue weighted by Crippen LogP contribution is 2.12. The highest BCUT2D eigenvalue weighted by Gasteiger charge is 2.01. The molecule has 20 heavy (non-hydrogen) atoms. The highest BCUT2D eigenvalue weighted by atomic mass is 32.1. The van der Waals surface area contributed by atoms with Gasteiger partial charge in [-0.25, -0.2) is 0 Å². The van der Waals surface area contributed by atoms with Gasteiger partial charge in [0.05, 0.1) is 6.61 Å². The summed E-state index contributed by atoms with van der Waals surface area (Å²) in [6, 6.07) is 7.89. The van der Waals surface area contributed by atoms with E-state index in [1.54, 1.807) is 0 Å².